The van der Waals surface area contributed by atoms with Gasteiger partial charge in [0.05, 0.1) is 0 Å². The fraction of sp³-hybridized carbons (Fsp3) is 0.800. The van der Waals surface area contributed by atoms with Crippen LogP contribution in [0.25, 0.3) is 0 Å². The van der Waals surface area contributed by atoms with Gasteiger partial charge in [0, 0.05) is 0 Å². The van der Waals surface area contributed by atoms with Gasteiger partial charge in [-0.2, -0.15) is 0 Å². The van der Waals surface area contributed by atoms with Crippen LogP contribution in [0.3, 0.4) is 0 Å². The molecule has 1 saturated carbocycles. The summed E-state index contributed by atoms with van der Waals surface area (Å²) in [6.45, 7) is 7.18. The average molecular weight is 136 g/mol. The minimum Gasteiger partial charge on any atom is -0.0843 e. The maximum absolute atomic E-state index is 2.42. The lowest BCUT2D eigenvalue weighted by Gasteiger charge is -2.28. The maximum atomic E-state index is 2.42. The summed E-state index contributed by atoms with van der Waals surface area (Å²) in [6.07, 6.45) is 7.63. The van der Waals surface area contributed by atoms with E-state index in [1.54, 1.807) is 0 Å². The van der Waals surface area contributed by atoms with E-state index < -0.39 is 0 Å². The molecule has 0 saturated heterocycles. The van der Waals surface area contributed by atoms with Crippen LogP contribution in [-0.4, -0.2) is 0 Å². The van der Waals surface area contributed by atoms with E-state index in [1.807, 2.05) is 0 Å². The van der Waals surface area contributed by atoms with Crippen molar-refractivity contribution >= 4 is 0 Å². The zero-order valence-electron chi connectivity index (χ0n) is 7.15. The van der Waals surface area contributed by atoms with E-state index >= 15 is 0 Å². The first-order chi connectivity index (χ1) is 4.52. The van der Waals surface area contributed by atoms with Crippen LogP contribution in [0.1, 0.15) is 33.6 Å². The molecule has 0 aromatic carbocycles. The zero-order chi connectivity index (χ0) is 7.41. The molecule has 0 N–H and O–H groups in total. The van der Waals surface area contributed by atoms with Gasteiger partial charge in [0.25, 0.3) is 0 Å². The Morgan fingerprint density at radius 2 is 2.00 bits per heavy atom. The second-order valence-corrected chi connectivity index (χ2v) is 4.99. The minimum atomic E-state index is 0.564. The highest BCUT2D eigenvalue weighted by Gasteiger charge is 2.48. The number of hydrogen-bond donors (Lipinski definition) is 0. The number of fused-ring (bicyclic) bond motifs is 2. The first-order valence-electron chi connectivity index (χ1n) is 4.21. The fourth-order valence-corrected chi connectivity index (χ4v) is 2.83. The topological polar surface area (TPSA) is 0 Å². The van der Waals surface area contributed by atoms with Crippen LogP contribution >= 0.6 is 0 Å². The quantitative estimate of drug-likeness (QED) is 0.449. The van der Waals surface area contributed by atoms with E-state index in [2.05, 4.69) is 32.9 Å². The molecule has 56 valence electrons. The highest BCUT2D eigenvalue weighted by molar-refractivity contribution is 5.19. The lowest BCUT2D eigenvalue weighted by atomic mass is 9.77. The molecular formula is C10H16. The van der Waals surface area contributed by atoms with Gasteiger partial charge in [0.1, 0.15) is 0 Å². The van der Waals surface area contributed by atoms with Crippen LogP contribution in [0.4, 0.5) is 0 Å². The molecule has 2 rings (SSSR count). The van der Waals surface area contributed by atoms with Gasteiger partial charge in [-0.1, -0.05) is 32.9 Å². The number of hydrogen-bond acceptors (Lipinski definition) is 0. The first-order valence-corrected chi connectivity index (χ1v) is 4.21. The van der Waals surface area contributed by atoms with Gasteiger partial charge < -0.3 is 0 Å². The standard InChI is InChI=1S/C10H16/c1-9(2)7-10(3)5-4-8(9)6-10/h4-5,8H,6-7H2,1-3H3/t8-,10+/m1/s1. The third-order valence-corrected chi connectivity index (χ3v) is 3.28. The SMILES string of the molecule is CC1(C)C[C@@]2(C)C=C[C@@H]1C2. The van der Waals surface area contributed by atoms with E-state index in [0.29, 0.717) is 10.8 Å². The summed E-state index contributed by atoms with van der Waals surface area (Å²) in [5.74, 6) is 0.873. The molecular weight excluding hydrogens is 120 g/mol. The summed E-state index contributed by atoms with van der Waals surface area (Å²) in [7, 11) is 0. The second-order valence-electron chi connectivity index (χ2n) is 4.99. The van der Waals surface area contributed by atoms with E-state index in [1.165, 1.54) is 12.8 Å². The van der Waals surface area contributed by atoms with Gasteiger partial charge in [-0.3, -0.25) is 0 Å². The Hall–Kier alpha value is -0.260. The first kappa shape index (κ1) is 6.45. The van der Waals surface area contributed by atoms with Gasteiger partial charge in [-0.15, -0.1) is 0 Å². The van der Waals surface area contributed by atoms with Crippen LogP contribution in [0.5, 0.6) is 0 Å². The Balaban J connectivity index is 2.35. The fourth-order valence-electron chi connectivity index (χ4n) is 2.83. The van der Waals surface area contributed by atoms with Gasteiger partial charge in [0.2, 0.25) is 0 Å². The molecule has 2 aliphatic rings. The van der Waals surface area contributed by atoms with Crippen LogP contribution in [0.2, 0.25) is 0 Å². The Kier molecular flexibility index (Phi) is 0.962. The summed E-state index contributed by atoms with van der Waals surface area (Å²) in [5, 5.41) is 0. The molecule has 2 atom stereocenters. The molecule has 0 spiro atoms. The highest BCUT2D eigenvalue weighted by atomic mass is 14.5. The molecule has 0 radical (unpaired) electrons. The highest BCUT2D eigenvalue weighted by Crippen LogP contribution is 2.58. The van der Waals surface area contributed by atoms with Crippen molar-refractivity contribution in [2.45, 2.75) is 33.6 Å². The molecule has 0 amide bonds. The molecule has 10 heavy (non-hydrogen) atoms. The summed E-state index contributed by atoms with van der Waals surface area (Å²) >= 11 is 0. The molecule has 0 aliphatic heterocycles. The van der Waals surface area contributed by atoms with E-state index in [9.17, 15) is 0 Å². The Morgan fingerprint density at radius 1 is 1.30 bits per heavy atom. The smallest absolute Gasteiger partial charge is 0.0135 e. The Bertz CT molecular complexity index is 188. The summed E-state index contributed by atoms with van der Waals surface area (Å²) < 4.78 is 0. The molecule has 0 aromatic heterocycles. The number of allylic oxidation sites excluding steroid dienone is 2. The van der Waals surface area contributed by atoms with Crippen LogP contribution < -0.4 is 0 Å². The minimum absolute atomic E-state index is 0.564. The predicted octanol–water partition coefficient (Wildman–Crippen LogP) is 3.00. The Morgan fingerprint density at radius 3 is 2.20 bits per heavy atom. The maximum Gasteiger partial charge on any atom is -0.0135 e. The molecule has 2 bridgehead atoms. The lowest BCUT2D eigenvalue weighted by Crippen LogP contribution is -2.18. The largest absolute Gasteiger partial charge is 0.0843 e. The third-order valence-electron chi connectivity index (χ3n) is 3.28. The van der Waals surface area contributed by atoms with Crippen molar-refractivity contribution < 1.29 is 0 Å². The van der Waals surface area contributed by atoms with Gasteiger partial charge >= 0.3 is 0 Å². The van der Waals surface area contributed by atoms with E-state index in [4.69, 9.17) is 0 Å². The molecule has 0 unspecified atom stereocenters. The molecule has 0 aromatic rings. The molecule has 2 aliphatic carbocycles. The molecule has 0 nitrogen and oxygen atoms in total. The average Bonchev–Trinajstić information content (AvgIpc) is 2.16. The van der Waals surface area contributed by atoms with Crippen LogP contribution in [-0.2, 0) is 0 Å². The van der Waals surface area contributed by atoms with Crippen molar-refractivity contribution in [3.63, 3.8) is 0 Å². The van der Waals surface area contributed by atoms with E-state index in [0.717, 1.165) is 5.92 Å². The van der Waals surface area contributed by atoms with Crippen molar-refractivity contribution in [3.8, 4) is 0 Å². The normalized spacial score (nSPS) is 48.5. The van der Waals surface area contributed by atoms with Crippen molar-refractivity contribution in [2.75, 3.05) is 0 Å². The Labute approximate surface area is 63.3 Å². The van der Waals surface area contributed by atoms with Crippen molar-refractivity contribution in [1.82, 2.24) is 0 Å². The summed E-state index contributed by atoms with van der Waals surface area (Å²) in [4.78, 5) is 0. The molecule has 0 heterocycles. The van der Waals surface area contributed by atoms with Crippen molar-refractivity contribution in [2.24, 2.45) is 16.7 Å². The van der Waals surface area contributed by atoms with Gasteiger partial charge in [-0.25, -0.2) is 0 Å². The third kappa shape index (κ3) is 0.680. The van der Waals surface area contributed by atoms with Crippen molar-refractivity contribution in [3.05, 3.63) is 12.2 Å². The second kappa shape index (κ2) is 1.49. The van der Waals surface area contributed by atoms with Crippen LogP contribution in [0, 0.1) is 16.7 Å². The number of rotatable bonds is 0. The zero-order valence-corrected chi connectivity index (χ0v) is 7.15. The summed E-state index contributed by atoms with van der Waals surface area (Å²) in [6, 6.07) is 0. The van der Waals surface area contributed by atoms with Gasteiger partial charge in [-0.05, 0) is 29.6 Å². The predicted molar refractivity (Wildman–Crippen MR) is 43.8 cm³/mol. The van der Waals surface area contributed by atoms with Crippen molar-refractivity contribution in [1.29, 1.82) is 0 Å². The lowest BCUT2D eigenvalue weighted by molar-refractivity contribution is 0.280. The van der Waals surface area contributed by atoms with Gasteiger partial charge in [0.15, 0.2) is 0 Å². The molecule has 0 heteroatoms. The van der Waals surface area contributed by atoms with E-state index in [-0.39, 0.29) is 0 Å². The molecule has 1 fully saturated rings. The monoisotopic (exact) mass is 136 g/mol. The summed E-state index contributed by atoms with van der Waals surface area (Å²) in [5.41, 5.74) is 1.15. The van der Waals surface area contributed by atoms with Crippen LogP contribution in [0.15, 0.2) is 12.2 Å².